The highest BCUT2D eigenvalue weighted by Crippen LogP contribution is 2.33. The lowest BCUT2D eigenvalue weighted by Crippen LogP contribution is -2.42. The van der Waals surface area contributed by atoms with Gasteiger partial charge in [-0.05, 0) is 81.3 Å². The number of nitrogens with zero attached hydrogens (tertiary/aromatic N) is 4. The van der Waals surface area contributed by atoms with Crippen LogP contribution in [0.3, 0.4) is 0 Å². The Labute approximate surface area is 270 Å². The Morgan fingerprint density at radius 1 is 0.848 bits per heavy atom. The van der Waals surface area contributed by atoms with Gasteiger partial charge in [0.05, 0.1) is 11.2 Å². The van der Waals surface area contributed by atoms with Crippen LogP contribution >= 0.6 is 0 Å². The molecule has 1 aliphatic heterocycles. The first-order valence-electron chi connectivity index (χ1n) is 16.0. The molecule has 0 saturated carbocycles. The van der Waals surface area contributed by atoms with Gasteiger partial charge in [0.1, 0.15) is 30.3 Å². The molecular formula is C38H42N4O4. The van der Waals surface area contributed by atoms with Crippen molar-refractivity contribution >= 4 is 17.0 Å². The van der Waals surface area contributed by atoms with Crippen LogP contribution in [0.4, 0.5) is 4.79 Å². The molecule has 0 N–H and O–H groups in total. The molecule has 1 amide bonds. The van der Waals surface area contributed by atoms with Crippen molar-refractivity contribution in [2.45, 2.75) is 58.8 Å². The number of piperidine rings is 1. The van der Waals surface area contributed by atoms with Gasteiger partial charge in [-0.25, -0.2) is 9.78 Å². The minimum absolute atomic E-state index is 0.214. The smallest absolute Gasteiger partial charge is 0.410 e. The summed E-state index contributed by atoms with van der Waals surface area (Å²) in [6, 6.07) is 30.4. The van der Waals surface area contributed by atoms with Crippen molar-refractivity contribution in [2.75, 3.05) is 13.1 Å². The van der Waals surface area contributed by atoms with Gasteiger partial charge in [0.25, 0.3) is 0 Å². The van der Waals surface area contributed by atoms with Gasteiger partial charge in [-0.1, -0.05) is 60.7 Å². The Morgan fingerprint density at radius 3 is 2.28 bits per heavy atom. The molecule has 0 aliphatic carbocycles. The van der Waals surface area contributed by atoms with E-state index in [1.165, 1.54) is 5.56 Å². The van der Waals surface area contributed by atoms with Gasteiger partial charge in [-0.15, -0.1) is 0 Å². The number of ether oxygens (including phenoxy) is 3. The summed E-state index contributed by atoms with van der Waals surface area (Å²) in [7, 11) is 1.99. The van der Waals surface area contributed by atoms with Crippen LogP contribution in [-0.2, 0) is 31.4 Å². The molecule has 3 aromatic carbocycles. The van der Waals surface area contributed by atoms with Gasteiger partial charge in [0.2, 0.25) is 5.88 Å². The van der Waals surface area contributed by atoms with Gasteiger partial charge in [-0.2, -0.15) is 5.10 Å². The Balaban J connectivity index is 1.20. The third-order valence-corrected chi connectivity index (χ3v) is 8.26. The number of fused-ring (bicyclic) bond motifs is 1. The summed E-state index contributed by atoms with van der Waals surface area (Å²) in [6.45, 7) is 7.88. The number of likely N-dealkylation sites (tertiary alicyclic amines) is 1. The minimum atomic E-state index is -0.477. The van der Waals surface area contributed by atoms with Crippen molar-refractivity contribution in [3.8, 4) is 22.9 Å². The maximum atomic E-state index is 12.5. The van der Waals surface area contributed by atoms with E-state index in [-0.39, 0.29) is 12.7 Å². The summed E-state index contributed by atoms with van der Waals surface area (Å²) < 4.78 is 19.7. The number of rotatable bonds is 9. The highest BCUT2D eigenvalue weighted by Gasteiger charge is 2.27. The lowest BCUT2D eigenvalue weighted by atomic mass is 9.90. The van der Waals surface area contributed by atoms with Crippen molar-refractivity contribution in [3.05, 3.63) is 108 Å². The zero-order chi connectivity index (χ0) is 32.1. The van der Waals surface area contributed by atoms with Gasteiger partial charge < -0.3 is 19.1 Å². The summed E-state index contributed by atoms with van der Waals surface area (Å²) in [4.78, 5) is 19.2. The van der Waals surface area contributed by atoms with Gasteiger partial charge in [0.15, 0.2) is 0 Å². The fourth-order valence-electron chi connectivity index (χ4n) is 5.90. The van der Waals surface area contributed by atoms with Gasteiger partial charge in [-0.3, -0.25) is 4.68 Å². The van der Waals surface area contributed by atoms with Crippen LogP contribution in [0.15, 0.2) is 91.0 Å². The Hall–Kier alpha value is -4.85. The molecule has 0 radical (unpaired) electrons. The van der Waals surface area contributed by atoms with Crippen molar-refractivity contribution in [1.82, 2.24) is 19.7 Å². The van der Waals surface area contributed by atoms with E-state index >= 15 is 0 Å². The zero-order valence-electron chi connectivity index (χ0n) is 27.1. The first kappa shape index (κ1) is 31.1. The number of carbonyl (C=O) groups excluding carboxylic acids is 1. The summed E-state index contributed by atoms with van der Waals surface area (Å²) >= 11 is 0. The maximum absolute atomic E-state index is 12.5. The van der Waals surface area contributed by atoms with E-state index in [2.05, 4.69) is 18.2 Å². The molecule has 0 unspecified atom stereocenters. The lowest BCUT2D eigenvalue weighted by Gasteiger charge is -2.33. The van der Waals surface area contributed by atoms with E-state index in [0.717, 1.165) is 71.5 Å². The largest absolute Gasteiger partial charge is 0.487 e. The van der Waals surface area contributed by atoms with Gasteiger partial charge in [0, 0.05) is 37.2 Å². The summed E-state index contributed by atoms with van der Waals surface area (Å²) in [5, 5.41) is 6.03. The lowest BCUT2D eigenvalue weighted by molar-refractivity contribution is 0.0184. The molecule has 8 heteroatoms. The molecule has 1 fully saturated rings. The van der Waals surface area contributed by atoms with Crippen LogP contribution in [-0.4, -0.2) is 44.4 Å². The van der Waals surface area contributed by atoms with Crippen molar-refractivity contribution < 1.29 is 19.0 Å². The van der Waals surface area contributed by atoms with E-state index in [4.69, 9.17) is 24.3 Å². The number of aromatic nitrogens is 3. The Bertz CT molecular complexity index is 1770. The second kappa shape index (κ2) is 13.6. The number of amides is 1. The van der Waals surface area contributed by atoms with E-state index in [9.17, 15) is 4.79 Å². The Kier molecular flexibility index (Phi) is 9.24. The number of hydrogen-bond acceptors (Lipinski definition) is 6. The number of pyridine rings is 1. The summed E-state index contributed by atoms with van der Waals surface area (Å²) in [5.74, 6) is 1.83. The molecule has 1 saturated heterocycles. The van der Waals surface area contributed by atoms with Crippen LogP contribution < -0.4 is 9.47 Å². The Morgan fingerprint density at radius 2 is 1.57 bits per heavy atom. The van der Waals surface area contributed by atoms with Crippen molar-refractivity contribution in [3.63, 3.8) is 0 Å². The molecule has 0 spiro atoms. The molecule has 0 atom stereocenters. The summed E-state index contributed by atoms with van der Waals surface area (Å²) in [6.07, 6.45) is 2.67. The molecule has 0 bridgehead atoms. The van der Waals surface area contributed by atoms with Crippen LogP contribution in [0.25, 0.3) is 22.2 Å². The minimum Gasteiger partial charge on any atom is -0.487 e. The molecule has 3 heterocycles. The van der Waals surface area contributed by atoms with Crippen LogP contribution in [0.5, 0.6) is 11.6 Å². The first-order valence-corrected chi connectivity index (χ1v) is 16.0. The maximum Gasteiger partial charge on any atom is 0.410 e. The van der Waals surface area contributed by atoms with E-state index in [1.807, 2.05) is 110 Å². The number of aryl methyl sites for hydroxylation is 1. The van der Waals surface area contributed by atoms with Crippen LogP contribution in [0, 0.1) is 5.92 Å². The molecule has 5 aromatic rings. The average molecular weight is 619 g/mol. The number of para-hydroxylation sites is 1. The van der Waals surface area contributed by atoms with Gasteiger partial charge >= 0.3 is 6.09 Å². The molecule has 6 rings (SSSR count). The molecular weight excluding hydrogens is 576 g/mol. The van der Waals surface area contributed by atoms with Crippen molar-refractivity contribution in [2.24, 2.45) is 13.0 Å². The third kappa shape index (κ3) is 7.68. The fourth-order valence-corrected chi connectivity index (χ4v) is 5.90. The predicted molar refractivity (Wildman–Crippen MR) is 180 cm³/mol. The van der Waals surface area contributed by atoms with Crippen LogP contribution in [0.1, 0.15) is 50.4 Å². The monoisotopic (exact) mass is 618 g/mol. The SMILES string of the molecule is Cn1nc(-c2ccc(OCc3ccccc3)nc2COc2ccccc2)c2ccc(CC3CCN(C(=O)OC(C)(C)C)CC3)cc21. The standard InChI is InChI=1S/C38H42N4O4/c1-38(2,3)46-37(43)42-21-19-27(20-22-42)23-29-15-16-32-34(24-29)41(4)40-36(32)31-17-18-35(45-25-28-11-7-5-8-12-28)39-33(31)26-44-30-13-9-6-10-14-30/h5-18,24,27H,19-23,25-26H2,1-4H3. The average Bonchev–Trinajstić information content (AvgIpc) is 3.38. The zero-order valence-corrected chi connectivity index (χ0v) is 27.1. The van der Waals surface area contributed by atoms with E-state index < -0.39 is 5.60 Å². The van der Waals surface area contributed by atoms with Crippen molar-refractivity contribution in [1.29, 1.82) is 0 Å². The predicted octanol–water partition coefficient (Wildman–Crippen LogP) is 7.98. The molecule has 8 nitrogen and oxygen atoms in total. The number of benzene rings is 3. The number of hydrogen-bond donors (Lipinski definition) is 0. The molecule has 2 aromatic heterocycles. The second-order valence-electron chi connectivity index (χ2n) is 13.0. The quantitative estimate of drug-likeness (QED) is 0.167. The van der Waals surface area contributed by atoms with Crippen LogP contribution in [0.2, 0.25) is 0 Å². The first-order chi connectivity index (χ1) is 22.2. The number of carbonyl (C=O) groups is 1. The van der Waals surface area contributed by atoms with E-state index in [1.54, 1.807) is 0 Å². The van der Waals surface area contributed by atoms with E-state index in [0.29, 0.717) is 18.4 Å². The second-order valence-corrected chi connectivity index (χ2v) is 13.0. The highest BCUT2D eigenvalue weighted by atomic mass is 16.6. The molecule has 238 valence electrons. The molecule has 1 aliphatic rings. The highest BCUT2D eigenvalue weighted by molar-refractivity contribution is 5.94. The summed E-state index contributed by atoms with van der Waals surface area (Å²) in [5.41, 5.74) is 5.48. The third-order valence-electron chi connectivity index (χ3n) is 8.26. The topological polar surface area (TPSA) is 78.7 Å². The fraction of sp³-hybridized carbons (Fsp3) is 0.342. The molecule has 46 heavy (non-hydrogen) atoms. The normalized spacial score (nSPS) is 14.0.